The van der Waals surface area contributed by atoms with E-state index < -0.39 is 10.1 Å². The second-order valence-electron chi connectivity index (χ2n) is 8.31. The molecule has 0 saturated carbocycles. The van der Waals surface area contributed by atoms with Gasteiger partial charge in [0.1, 0.15) is 4.90 Å². The van der Waals surface area contributed by atoms with E-state index in [1.165, 1.54) is 24.4 Å². The first kappa shape index (κ1) is 23.2. The Balaban J connectivity index is 1.70. The highest BCUT2D eigenvalue weighted by atomic mass is 32.2. The van der Waals surface area contributed by atoms with Crippen LogP contribution in [0.2, 0.25) is 0 Å². The molecule has 0 saturated heterocycles. The van der Waals surface area contributed by atoms with Crippen molar-refractivity contribution in [2.24, 2.45) is 5.10 Å². The molecule has 0 aliphatic rings. The van der Waals surface area contributed by atoms with E-state index in [0.717, 1.165) is 11.1 Å². The van der Waals surface area contributed by atoms with Crippen molar-refractivity contribution in [3.8, 4) is 5.75 Å². The molecule has 0 fully saturated rings. The molecule has 0 spiro atoms. The number of carbonyl (C=O) groups excluding carboxylic acids is 1. The number of para-hydroxylation sites is 1. The summed E-state index contributed by atoms with van der Waals surface area (Å²) in [5.74, 6) is -0.161. The van der Waals surface area contributed by atoms with E-state index in [2.05, 4.69) is 31.3 Å². The number of nitrogens with zero attached hydrogens (tertiary/aromatic N) is 1. The second kappa shape index (κ2) is 9.78. The molecular formula is C25H26N2O4S. The van der Waals surface area contributed by atoms with Crippen molar-refractivity contribution in [1.82, 2.24) is 5.43 Å². The molecule has 0 aliphatic heterocycles. The van der Waals surface area contributed by atoms with Gasteiger partial charge >= 0.3 is 10.1 Å². The summed E-state index contributed by atoms with van der Waals surface area (Å²) in [7, 11) is -4.03. The van der Waals surface area contributed by atoms with E-state index in [1.54, 1.807) is 30.3 Å². The molecule has 1 N–H and O–H groups in total. The molecule has 7 heteroatoms. The van der Waals surface area contributed by atoms with Crippen LogP contribution in [0.4, 0.5) is 0 Å². The summed E-state index contributed by atoms with van der Waals surface area (Å²) in [6, 6.07) is 22.5. The van der Waals surface area contributed by atoms with Gasteiger partial charge in [0.15, 0.2) is 5.75 Å². The van der Waals surface area contributed by atoms with Crippen LogP contribution in [0.15, 0.2) is 88.9 Å². The third-order valence-corrected chi connectivity index (χ3v) is 5.98. The highest BCUT2D eigenvalue weighted by molar-refractivity contribution is 7.87. The van der Waals surface area contributed by atoms with Gasteiger partial charge in [-0.15, -0.1) is 0 Å². The fourth-order valence-corrected chi connectivity index (χ4v) is 3.90. The van der Waals surface area contributed by atoms with Crippen LogP contribution in [-0.2, 0) is 26.7 Å². The predicted molar refractivity (Wildman–Crippen MR) is 125 cm³/mol. The molecule has 0 atom stereocenters. The normalized spacial score (nSPS) is 12.0. The van der Waals surface area contributed by atoms with E-state index >= 15 is 0 Å². The Labute approximate surface area is 189 Å². The highest BCUT2D eigenvalue weighted by Crippen LogP contribution is 2.26. The van der Waals surface area contributed by atoms with Crippen molar-refractivity contribution in [3.63, 3.8) is 0 Å². The first-order valence-corrected chi connectivity index (χ1v) is 11.6. The van der Waals surface area contributed by atoms with Crippen LogP contribution in [0.1, 0.15) is 37.5 Å². The van der Waals surface area contributed by atoms with Gasteiger partial charge in [-0.2, -0.15) is 13.5 Å². The minimum atomic E-state index is -4.03. The average Bonchev–Trinajstić information content (AvgIpc) is 2.75. The standard InChI is InChI=1S/C25H26N2O4S/c1-25(2,3)21-13-15-22(16-14-21)32(29,30)31-23-12-8-7-11-20(23)18-26-27-24(28)17-19-9-5-4-6-10-19/h4-16,18H,17H2,1-3H3,(H,27,28)/b26-18+. The summed E-state index contributed by atoms with van der Waals surface area (Å²) < 4.78 is 30.9. The molecule has 0 radical (unpaired) electrons. The van der Waals surface area contributed by atoms with Crippen LogP contribution >= 0.6 is 0 Å². The zero-order valence-electron chi connectivity index (χ0n) is 18.3. The fourth-order valence-electron chi connectivity index (χ4n) is 2.95. The van der Waals surface area contributed by atoms with Gasteiger partial charge in [-0.25, -0.2) is 5.43 Å². The molecule has 0 bridgehead atoms. The lowest BCUT2D eigenvalue weighted by molar-refractivity contribution is -0.120. The molecule has 0 unspecified atom stereocenters. The Morgan fingerprint density at radius 3 is 2.22 bits per heavy atom. The first-order valence-electron chi connectivity index (χ1n) is 10.1. The van der Waals surface area contributed by atoms with Gasteiger partial charge < -0.3 is 4.18 Å². The van der Waals surface area contributed by atoms with E-state index in [4.69, 9.17) is 4.18 Å². The van der Waals surface area contributed by atoms with Gasteiger partial charge in [-0.3, -0.25) is 4.79 Å². The lowest BCUT2D eigenvalue weighted by Crippen LogP contribution is -2.19. The number of amides is 1. The maximum Gasteiger partial charge on any atom is 0.339 e. The number of rotatable bonds is 7. The summed E-state index contributed by atoms with van der Waals surface area (Å²) in [5.41, 5.74) is 4.67. The van der Waals surface area contributed by atoms with Crippen LogP contribution < -0.4 is 9.61 Å². The topological polar surface area (TPSA) is 84.8 Å². The molecule has 0 heterocycles. The van der Waals surface area contributed by atoms with Crippen molar-refractivity contribution in [2.45, 2.75) is 37.5 Å². The number of benzene rings is 3. The molecular weight excluding hydrogens is 424 g/mol. The highest BCUT2D eigenvalue weighted by Gasteiger charge is 2.20. The van der Waals surface area contributed by atoms with Gasteiger partial charge in [-0.1, -0.05) is 75.4 Å². The number of nitrogens with one attached hydrogen (secondary N) is 1. The van der Waals surface area contributed by atoms with Crippen LogP contribution in [0.5, 0.6) is 5.75 Å². The minimum absolute atomic E-state index is 0.0633. The van der Waals surface area contributed by atoms with Crippen molar-refractivity contribution in [3.05, 3.63) is 95.6 Å². The quantitative estimate of drug-likeness (QED) is 0.328. The van der Waals surface area contributed by atoms with Crippen molar-refractivity contribution in [2.75, 3.05) is 0 Å². The fraction of sp³-hybridized carbons (Fsp3) is 0.200. The van der Waals surface area contributed by atoms with E-state index in [0.29, 0.717) is 5.56 Å². The van der Waals surface area contributed by atoms with Crippen LogP contribution in [0.25, 0.3) is 0 Å². The molecule has 3 aromatic rings. The van der Waals surface area contributed by atoms with Crippen molar-refractivity contribution < 1.29 is 17.4 Å². The molecule has 0 aromatic heterocycles. The smallest absolute Gasteiger partial charge is 0.339 e. The third-order valence-electron chi connectivity index (χ3n) is 4.73. The molecule has 32 heavy (non-hydrogen) atoms. The average molecular weight is 451 g/mol. The molecule has 6 nitrogen and oxygen atoms in total. The Morgan fingerprint density at radius 1 is 0.938 bits per heavy atom. The zero-order valence-corrected chi connectivity index (χ0v) is 19.1. The predicted octanol–water partition coefficient (Wildman–Crippen LogP) is 4.44. The van der Waals surface area contributed by atoms with Crippen molar-refractivity contribution in [1.29, 1.82) is 0 Å². The van der Waals surface area contributed by atoms with Gasteiger partial charge in [-0.05, 0) is 40.8 Å². The van der Waals surface area contributed by atoms with Crippen molar-refractivity contribution >= 4 is 22.2 Å². The molecule has 0 aliphatic carbocycles. The second-order valence-corrected chi connectivity index (χ2v) is 9.85. The number of hydrazone groups is 1. The van der Waals surface area contributed by atoms with E-state index in [-0.39, 0.29) is 28.4 Å². The summed E-state index contributed by atoms with van der Waals surface area (Å²) in [4.78, 5) is 12.1. The number of hydrogen-bond donors (Lipinski definition) is 1. The van der Waals surface area contributed by atoms with E-state index in [9.17, 15) is 13.2 Å². The SMILES string of the molecule is CC(C)(C)c1ccc(S(=O)(=O)Oc2ccccc2/C=N/NC(=O)Cc2ccccc2)cc1. The Hall–Kier alpha value is -3.45. The molecule has 166 valence electrons. The van der Waals surface area contributed by atoms with Crippen LogP contribution in [0.3, 0.4) is 0 Å². The Bertz CT molecular complexity index is 1200. The van der Waals surface area contributed by atoms with Gasteiger partial charge in [0.2, 0.25) is 5.91 Å². The number of hydrogen-bond acceptors (Lipinski definition) is 5. The first-order chi connectivity index (χ1) is 15.1. The maximum absolute atomic E-state index is 12.8. The van der Waals surface area contributed by atoms with Gasteiger partial charge in [0.05, 0.1) is 12.6 Å². The molecule has 3 aromatic carbocycles. The zero-order chi connectivity index (χ0) is 23.2. The summed E-state index contributed by atoms with van der Waals surface area (Å²) in [6.45, 7) is 6.17. The Kier molecular flexibility index (Phi) is 7.10. The van der Waals surface area contributed by atoms with Crippen LogP contribution in [0, 0.1) is 0 Å². The summed E-state index contributed by atoms with van der Waals surface area (Å²) >= 11 is 0. The monoisotopic (exact) mass is 450 g/mol. The van der Waals surface area contributed by atoms with Gasteiger partial charge in [0.25, 0.3) is 0 Å². The molecule has 3 rings (SSSR count). The molecule has 1 amide bonds. The van der Waals surface area contributed by atoms with Crippen LogP contribution in [-0.4, -0.2) is 20.5 Å². The number of carbonyl (C=O) groups is 1. The van der Waals surface area contributed by atoms with E-state index in [1.807, 2.05) is 30.3 Å². The van der Waals surface area contributed by atoms with Gasteiger partial charge in [0, 0.05) is 5.56 Å². The largest absolute Gasteiger partial charge is 0.378 e. The maximum atomic E-state index is 12.8. The summed E-state index contributed by atoms with van der Waals surface area (Å²) in [6.07, 6.45) is 1.55. The Morgan fingerprint density at radius 2 is 1.56 bits per heavy atom. The lowest BCUT2D eigenvalue weighted by Gasteiger charge is -2.19. The summed E-state index contributed by atoms with van der Waals surface area (Å²) in [5, 5.41) is 3.94. The lowest BCUT2D eigenvalue weighted by atomic mass is 9.87. The third kappa shape index (κ3) is 6.28. The minimum Gasteiger partial charge on any atom is -0.378 e.